The van der Waals surface area contributed by atoms with Crippen LogP contribution in [-0.2, 0) is 4.79 Å². The highest BCUT2D eigenvalue weighted by Crippen LogP contribution is 2.38. The van der Waals surface area contributed by atoms with Gasteiger partial charge in [0.25, 0.3) is 5.69 Å². The predicted octanol–water partition coefficient (Wildman–Crippen LogP) is 4.10. The van der Waals surface area contributed by atoms with Crippen molar-refractivity contribution in [1.29, 1.82) is 0 Å². The predicted molar refractivity (Wildman–Crippen MR) is 92.9 cm³/mol. The van der Waals surface area contributed by atoms with Crippen LogP contribution in [0, 0.1) is 10.1 Å². The van der Waals surface area contributed by atoms with Crippen LogP contribution in [0.3, 0.4) is 0 Å². The molecule has 0 unspecified atom stereocenters. The first-order valence-corrected chi connectivity index (χ1v) is 8.74. The summed E-state index contributed by atoms with van der Waals surface area (Å²) in [5.74, 6) is -1.13. The molecule has 122 valence electrons. The molecule has 0 atom stereocenters. The fourth-order valence-corrected chi connectivity index (χ4v) is 4.02. The normalized spacial score (nSPS) is 10.9. The minimum atomic E-state index is -0.969. The molecule has 0 radical (unpaired) electrons. The van der Waals surface area contributed by atoms with Crippen LogP contribution in [0.4, 0.5) is 5.69 Å². The highest BCUT2D eigenvalue weighted by atomic mass is 35.5. The van der Waals surface area contributed by atoms with Gasteiger partial charge < -0.3 is 5.11 Å². The van der Waals surface area contributed by atoms with E-state index in [0.29, 0.717) is 21.3 Å². The first-order valence-electron chi connectivity index (χ1n) is 6.50. The van der Waals surface area contributed by atoms with E-state index in [-0.39, 0.29) is 21.7 Å². The molecule has 0 aliphatic carbocycles. The van der Waals surface area contributed by atoms with Crippen molar-refractivity contribution in [3.05, 3.63) is 44.9 Å². The van der Waals surface area contributed by atoms with E-state index in [1.807, 2.05) is 0 Å². The number of rotatable bonds is 5. The molecule has 0 saturated heterocycles. The summed E-state index contributed by atoms with van der Waals surface area (Å²) < 4.78 is 0. The summed E-state index contributed by atoms with van der Waals surface area (Å²) in [6, 6.07) is 6.22. The zero-order valence-electron chi connectivity index (χ0n) is 11.8. The molecule has 0 fully saturated rings. The van der Waals surface area contributed by atoms with Gasteiger partial charge in [0.15, 0.2) is 5.16 Å². The molecular weight excluding hydrogens is 374 g/mol. The topological polar surface area (TPSA) is 106 Å². The fraction of sp³-hybridized carbons (Fsp3) is 0.0714. The number of hydrogen-bond acceptors (Lipinski definition) is 7. The zero-order chi connectivity index (χ0) is 17.3. The SMILES string of the molecule is O=C(O)CSc1nc(Cl)c2c(-c3cccc([N+](=O)[O-])c3)csc2n1. The highest BCUT2D eigenvalue weighted by Gasteiger charge is 2.16. The van der Waals surface area contributed by atoms with Gasteiger partial charge in [-0.2, -0.15) is 0 Å². The van der Waals surface area contributed by atoms with Crippen LogP contribution in [0.5, 0.6) is 0 Å². The number of nitrogens with zero attached hydrogens (tertiary/aromatic N) is 3. The summed E-state index contributed by atoms with van der Waals surface area (Å²) in [5, 5.41) is 22.5. The second-order valence-electron chi connectivity index (χ2n) is 4.62. The second-order valence-corrected chi connectivity index (χ2v) is 6.77. The maximum absolute atomic E-state index is 10.9. The molecule has 2 aromatic heterocycles. The molecular formula is C14H8ClN3O4S2. The number of carbonyl (C=O) groups is 1. The third-order valence-electron chi connectivity index (χ3n) is 3.06. The Morgan fingerprint density at radius 3 is 2.92 bits per heavy atom. The number of aromatic nitrogens is 2. The van der Waals surface area contributed by atoms with Crippen molar-refractivity contribution in [3.8, 4) is 11.1 Å². The Morgan fingerprint density at radius 1 is 1.42 bits per heavy atom. The number of thiophene rings is 1. The van der Waals surface area contributed by atoms with Gasteiger partial charge >= 0.3 is 5.97 Å². The van der Waals surface area contributed by atoms with Crippen molar-refractivity contribution in [2.75, 3.05) is 5.75 Å². The van der Waals surface area contributed by atoms with Crippen LogP contribution in [0.15, 0.2) is 34.8 Å². The van der Waals surface area contributed by atoms with E-state index >= 15 is 0 Å². The summed E-state index contributed by atoms with van der Waals surface area (Å²) in [6.07, 6.45) is 0. The van der Waals surface area contributed by atoms with Crippen LogP contribution in [0.2, 0.25) is 5.15 Å². The first-order chi connectivity index (χ1) is 11.5. The summed E-state index contributed by atoms with van der Waals surface area (Å²) >= 11 is 8.54. The molecule has 7 nitrogen and oxygen atoms in total. The van der Waals surface area contributed by atoms with E-state index in [9.17, 15) is 14.9 Å². The van der Waals surface area contributed by atoms with Crippen molar-refractivity contribution in [1.82, 2.24) is 9.97 Å². The standard InChI is InChI=1S/C14H8ClN3O4S2/c15-12-11-9(7-2-1-3-8(4-7)18(21)22)5-23-13(11)17-14(16-12)24-6-10(19)20/h1-5H,6H2,(H,19,20). The van der Waals surface area contributed by atoms with E-state index in [4.69, 9.17) is 16.7 Å². The van der Waals surface area contributed by atoms with Crippen molar-refractivity contribution < 1.29 is 14.8 Å². The molecule has 1 aromatic carbocycles. The van der Waals surface area contributed by atoms with Gasteiger partial charge in [0.1, 0.15) is 9.98 Å². The van der Waals surface area contributed by atoms with Crippen molar-refractivity contribution >= 4 is 56.6 Å². The Hall–Kier alpha value is -2.23. The Balaban J connectivity index is 2.06. The fourth-order valence-electron chi connectivity index (χ4n) is 2.07. The van der Waals surface area contributed by atoms with E-state index in [1.165, 1.54) is 23.5 Å². The van der Waals surface area contributed by atoms with E-state index in [1.54, 1.807) is 17.5 Å². The van der Waals surface area contributed by atoms with E-state index in [0.717, 1.165) is 11.8 Å². The van der Waals surface area contributed by atoms with Gasteiger partial charge in [-0.25, -0.2) is 9.97 Å². The number of hydrogen-bond donors (Lipinski definition) is 1. The summed E-state index contributed by atoms with van der Waals surface area (Å²) in [4.78, 5) is 30.1. The number of non-ortho nitro benzene ring substituents is 1. The maximum Gasteiger partial charge on any atom is 0.313 e. The van der Waals surface area contributed by atoms with Crippen LogP contribution in [-0.4, -0.2) is 31.7 Å². The molecule has 10 heteroatoms. The first kappa shape index (κ1) is 16.6. The number of carboxylic acids is 1. The largest absolute Gasteiger partial charge is 0.481 e. The smallest absolute Gasteiger partial charge is 0.313 e. The maximum atomic E-state index is 10.9. The molecule has 0 amide bonds. The monoisotopic (exact) mass is 381 g/mol. The number of aliphatic carboxylic acids is 1. The van der Waals surface area contributed by atoms with E-state index in [2.05, 4.69) is 9.97 Å². The number of nitro groups is 1. The second kappa shape index (κ2) is 6.71. The van der Waals surface area contributed by atoms with Gasteiger partial charge in [0.2, 0.25) is 0 Å². The van der Waals surface area contributed by atoms with Crippen molar-refractivity contribution in [2.24, 2.45) is 0 Å². The summed E-state index contributed by atoms with van der Waals surface area (Å²) in [7, 11) is 0. The highest BCUT2D eigenvalue weighted by molar-refractivity contribution is 7.99. The average Bonchev–Trinajstić information content (AvgIpc) is 2.97. The van der Waals surface area contributed by atoms with Crippen LogP contribution in [0.1, 0.15) is 0 Å². The number of benzene rings is 1. The molecule has 24 heavy (non-hydrogen) atoms. The van der Waals surface area contributed by atoms with Gasteiger partial charge in [-0.1, -0.05) is 35.5 Å². The van der Waals surface area contributed by atoms with Crippen molar-refractivity contribution in [3.63, 3.8) is 0 Å². The third-order valence-corrected chi connectivity index (χ3v) is 5.04. The van der Waals surface area contributed by atoms with Gasteiger partial charge in [0, 0.05) is 23.1 Å². The summed E-state index contributed by atoms with van der Waals surface area (Å²) in [5.41, 5.74) is 1.34. The third kappa shape index (κ3) is 3.32. The molecule has 0 saturated carbocycles. The number of thioether (sulfide) groups is 1. The Kier molecular flexibility index (Phi) is 4.65. The lowest BCUT2D eigenvalue weighted by atomic mass is 10.1. The lowest BCUT2D eigenvalue weighted by Gasteiger charge is -2.03. The minimum absolute atomic E-state index is 0.0162. The van der Waals surface area contributed by atoms with E-state index < -0.39 is 10.9 Å². The number of halogens is 1. The Bertz CT molecular complexity index is 960. The van der Waals surface area contributed by atoms with Crippen LogP contribution >= 0.6 is 34.7 Å². The Labute approximate surface area is 148 Å². The zero-order valence-corrected chi connectivity index (χ0v) is 14.2. The molecule has 2 heterocycles. The van der Waals surface area contributed by atoms with Gasteiger partial charge in [-0.15, -0.1) is 11.3 Å². The van der Waals surface area contributed by atoms with Gasteiger partial charge in [0.05, 0.1) is 16.1 Å². The number of fused-ring (bicyclic) bond motifs is 1. The lowest BCUT2D eigenvalue weighted by Crippen LogP contribution is -1.99. The van der Waals surface area contributed by atoms with Crippen LogP contribution < -0.4 is 0 Å². The molecule has 0 aliphatic heterocycles. The quantitative estimate of drug-likeness (QED) is 0.233. The van der Waals surface area contributed by atoms with Gasteiger partial charge in [-0.05, 0) is 5.56 Å². The van der Waals surface area contributed by atoms with Crippen LogP contribution in [0.25, 0.3) is 21.3 Å². The number of carboxylic acid groups (broad SMARTS) is 1. The minimum Gasteiger partial charge on any atom is -0.481 e. The average molecular weight is 382 g/mol. The van der Waals surface area contributed by atoms with Gasteiger partial charge in [-0.3, -0.25) is 14.9 Å². The molecule has 3 rings (SSSR count). The molecule has 0 spiro atoms. The lowest BCUT2D eigenvalue weighted by molar-refractivity contribution is -0.384. The Morgan fingerprint density at radius 2 is 2.21 bits per heavy atom. The summed E-state index contributed by atoms with van der Waals surface area (Å²) in [6.45, 7) is 0. The van der Waals surface area contributed by atoms with Crippen molar-refractivity contribution in [2.45, 2.75) is 5.16 Å². The molecule has 3 aromatic rings. The molecule has 1 N–H and O–H groups in total. The number of nitro benzene ring substituents is 1. The molecule has 0 aliphatic rings. The molecule has 0 bridgehead atoms.